The first-order chi connectivity index (χ1) is 6.65. The molecule has 0 atom stereocenters. The first-order valence-electron chi connectivity index (χ1n) is 5.07. The van der Waals surface area contributed by atoms with E-state index in [1.807, 2.05) is 18.5 Å². The van der Waals surface area contributed by atoms with Crippen molar-refractivity contribution < 1.29 is 0 Å². The molecule has 0 saturated heterocycles. The van der Waals surface area contributed by atoms with Gasteiger partial charge in [0.05, 0.1) is 0 Å². The standard InChI is InChI=1S/C12H16N2/c1-4-12(2,3)10-8-14-11-5-6-13-7-9(10)11/h5-8,14H,4H2,1-3H3. The molecule has 1 N–H and O–H groups in total. The Labute approximate surface area is 84.4 Å². The molecule has 0 unspecified atom stereocenters. The molecule has 2 aromatic heterocycles. The number of nitrogens with zero attached hydrogens (tertiary/aromatic N) is 1. The van der Waals surface area contributed by atoms with Gasteiger partial charge in [0, 0.05) is 29.5 Å². The van der Waals surface area contributed by atoms with Crippen LogP contribution >= 0.6 is 0 Å². The van der Waals surface area contributed by atoms with Crippen LogP contribution in [0.4, 0.5) is 0 Å². The van der Waals surface area contributed by atoms with Crippen molar-refractivity contribution >= 4 is 10.9 Å². The van der Waals surface area contributed by atoms with E-state index in [2.05, 4.69) is 36.9 Å². The smallest absolute Gasteiger partial charge is 0.0488 e. The zero-order valence-corrected chi connectivity index (χ0v) is 8.96. The highest BCUT2D eigenvalue weighted by Gasteiger charge is 2.21. The largest absolute Gasteiger partial charge is 0.361 e. The molecule has 0 aliphatic rings. The van der Waals surface area contributed by atoms with Crippen molar-refractivity contribution in [3.8, 4) is 0 Å². The Morgan fingerprint density at radius 3 is 2.93 bits per heavy atom. The zero-order valence-electron chi connectivity index (χ0n) is 8.96. The molecule has 2 heterocycles. The summed E-state index contributed by atoms with van der Waals surface area (Å²) in [6.07, 6.45) is 7.00. The van der Waals surface area contributed by atoms with Crippen molar-refractivity contribution in [2.45, 2.75) is 32.6 Å². The number of fused-ring (bicyclic) bond motifs is 1. The predicted molar refractivity (Wildman–Crippen MR) is 59.4 cm³/mol. The number of hydrogen-bond acceptors (Lipinski definition) is 1. The highest BCUT2D eigenvalue weighted by atomic mass is 14.7. The molecule has 0 aliphatic heterocycles. The van der Waals surface area contributed by atoms with Gasteiger partial charge in [-0.2, -0.15) is 0 Å². The Bertz CT molecular complexity index is 440. The molecular formula is C12H16N2. The minimum Gasteiger partial charge on any atom is -0.361 e. The third kappa shape index (κ3) is 1.31. The van der Waals surface area contributed by atoms with Crippen LogP contribution < -0.4 is 0 Å². The summed E-state index contributed by atoms with van der Waals surface area (Å²) in [5, 5.41) is 1.25. The van der Waals surface area contributed by atoms with Crippen molar-refractivity contribution in [3.05, 3.63) is 30.2 Å². The molecule has 2 nitrogen and oxygen atoms in total. The second-order valence-electron chi connectivity index (χ2n) is 4.36. The molecule has 0 amide bonds. The highest BCUT2D eigenvalue weighted by Crippen LogP contribution is 2.31. The summed E-state index contributed by atoms with van der Waals surface area (Å²) < 4.78 is 0. The Balaban J connectivity index is 2.64. The fraction of sp³-hybridized carbons (Fsp3) is 0.417. The van der Waals surface area contributed by atoms with Gasteiger partial charge in [-0.15, -0.1) is 0 Å². The van der Waals surface area contributed by atoms with E-state index in [9.17, 15) is 0 Å². The van der Waals surface area contributed by atoms with E-state index in [0.29, 0.717) is 0 Å². The van der Waals surface area contributed by atoms with Crippen LogP contribution in [-0.4, -0.2) is 9.97 Å². The van der Waals surface area contributed by atoms with Crippen molar-refractivity contribution in [1.82, 2.24) is 9.97 Å². The quantitative estimate of drug-likeness (QED) is 0.770. The average molecular weight is 188 g/mol. The maximum absolute atomic E-state index is 4.17. The molecule has 14 heavy (non-hydrogen) atoms. The SMILES string of the molecule is CCC(C)(C)c1c[nH]c2ccncc12. The van der Waals surface area contributed by atoms with E-state index in [-0.39, 0.29) is 5.41 Å². The minimum absolute atomic E-state index is 0.223. The summed E-state index contributed by atoms with van der Waals surface area (Å²) in [7, 11) is 0. The van der Waals surface area contributed by atoms with E-state index in [1.54, 1.807) is 0 Å². The Kier molecular flexibility index (Phi) is 2.06. The number of aromatic nitrogens is 2. The van der Waals surface area contributed by atoms with Crippen LogP contribution in [-0.2, 0) is 5.41 Å². The maximum atomic E-state index is 4.17. The van der Waals surface area contributed by atoms with Gasteiger partial charge < -0.3 is 4.98 Å². The second kappa shape index (κ2) is 3.12. The van der Waals surface area contributed by atoms with Crippen molar-refractivity contribution in [1.29, 1.82) is 0 Å². The lowest BCUT2D eigenvalue weighted by atomic mass is 9.82. The van der Waals surface area contributed by atoms with Gasteiger partial charge in [0.25, 0.3) is 0 Å². The Morgan fingerprint density at radius 2 is 2.21 bits per heavy atom. The predicted octanol–water partition coefficient (Wildman–Crippen LogP) is 3.25. The molecular weight excluding hydrogens is 172 g/mol. The Morgan fingerprint density at radius 1 is 1.43 bits per heavy atom. The molecule has 0 radical (unpaired) electrons. The first kappa shape index (κ1) is 9.25. The van der Waals surface area contributed by atoms with Gasteiger partial charge in [0.15, 0.2) is 0 Å². The summed E-state index contributed by atoms with van der Waals surface area (Å²) in [6, 6.07) is 2.02. The summed E-state index contributed by atoms with van der Waals surface area (Å²) >= 11 is 0. The summed E-state index contributed by atoms with van der Waals surface area (Å²) in [4.78, 5) is 7.46. The normalized spacial score (nSPS) is 12.2. The van der Waals surface area contributed by atoms with Crippen LogP contribution in [0.5, 0.6) is 0 Å². The van der Waals surface area contributed by atoms with E-state index in [1.165, 1.54) is 16.5 Å². The van der Waals surface area contributed by atoms with E-state index in [4.69, 9.17) is 0 Å². The van der Waals surface area contributed by atoms with Crippen LogP contribution in [0, 0.1) is 0 Å². The molecule has 0 aliphatic carbocycles. The molecule has 2 rings (SSSR count). The zero-order chi connectivity index (χ0) is 10.2. The third-order valence-corrected chi connectivity index (χ3v) is 3.10. The molecule has 2 aromatic rings. The fourth-order valence-electron chi connectivity index (χ4n) is 1.71. The van der Waals surface area contributed by atoms with Gasteiger partial charge in [-0.25, -0.2) is 0 Å². The first-order valence-corrected chi connectivity index (χ1v) is 5.07. The van der Waals surface area contributed by atoms with Crippen molar-refractivity contribution in [2.75, 3.05) is 0 Å². The van der Waals surface area contributed by atoms with E-state index < -0.39 is 0 Å². The lowest BCUT2D eigenvalue weighted by Crippen LogP contribution is -2.14. The number of rotatable bonds is 2. The van der Waals surface area contributed by atoms with Gasteiger partial charge in [0.1, 0.15) is 0 Å². The highest BCUT2D eigenvalue weighted by molar-refractivity contribution is 5.83. The van der Waals surface area contributed by atoms with Gasteiger partial charge in [-0.3, -0.25) is 4.98 Å². The topological polar surface area (TPSA) is 28.7 Å². The molecule has 2 heteroatoms. The summed E-state index contributed by atoms with van der Waals surface area (Å²) in [6.45, 7) is 6.75. The fourth-order valence-corrected chi connectivity index (χ4v) is 1.71. The van der Waals surface area contributed by atoms with Gasteiger partial charge in [-0.1, -0.05) is 20.8 Å². The number of H-pyrrole nitrogens is 1. The lowest BCUT2D eigenvalue weighted by Gasteiger charge is -2.21. The monoisotopic (exact) mass is 188 g/mol. The minimum atomic E-state index is 0.223. The summed E-state index contributed by atoms with van der Waals surface area (Å²) in [5.41, 5.74) is 2.76. The van der Waals surface area contributed by atoms with Crippen LogP contribution in [0.25, 0.3) is 10.9 Å². The van der Waals surface area contributed by atoms with Crippen molar-refractivity contribution in [3.63, 3.8) is 0 Å². The second-order valence-corrected chi connectivity index (χ2v) is 4.36. The number of pyridine rings is 1. The molecule has 0 fully saturated rings. The molecule has 0 saturated carbocycles. The third-order valence-electron chi connectivity index (χ3n) is 3.10. The van der Waals surface area contributed by atoms with E-state index in [0.717, 1.165) is 6.42 Å². The summed E-state index contributed by atoms with van der Waals surface area (Å²) in [5.74, 6) is 0. The molecule has 0 aromatic carbocycles. The number of hydrogen-bond donors (Lipinski definition) is 1. The van der Waals surface area contributed by atoms with Gasteiger partial charge in [-0.05, 0) is 23.5 Å². The van der Waals surface area contributed by atoms with Crippen LogP contribution in [0.2, 0.25) is 0 Å². The van der Waals surface area contributed by atoms with Crippen LogP contribution in [0.1, 0.15) is 32.8 Å². The molecule has 0 spiro atoms. The van der Waals surface area contributed by atoms with E-state index >= 15 is 0 Å². The van der Waals surface area contributed by atoms with Crippen LogP contribution in [0.3, 0.4) is 0 Å². The van der Waals surface area contributed by atoms with Crippen molar-refractivity contribution in [2.24, 2.45) is 0 Å². The maximum Gasteiger partial charge on any atom is 0.0488 e. The molecule has 74 valence electrons. The Hall–Kier alpha value is -1.31. The number of aromatic amines is 1. The van der Waals surface area contributed by atoms with Gasteiger partial charge in [0.2, 0.25) is 0 Å². The lowest BCUT2D eigenvalue weighted by molar-refractivity contribution is 0.510. The van der Waals surface area contributed by atoms with Gasteiger partial charge >= 0.3 is 0 Å². The molecule has 0 bridgehead atoms. The van der Waals surface area contributed by atoms with Crippen LogP contribution in [0.15, 0.2) is 24.7 Å². The number of nitrogens with one attached hydrogen (secondary N) is 1. The average Bonchev–Trinajstić information content (AvgIpc) is 2.61.